The Bertz CT molecular complexity index is 1550. The first-order valence-electron chi connectivity index (χ1n) is 14.4. The third-order valence-electron chi connectivity index (χ3n) is 7.37. The lowest BCUT2D eigenvalue weighted by molar-refractivity contribution is 0.0963. The lowest BCUT2D eigenvalue weighted by Gasteiger charge is -2.30. The van der Waals surface area contributed by atoms with Crippen molar-refractivity contribution in [1.82, 2.24) is 10.6 Å². The first-order chi connectivity index (χ1) is 21.3. The second-order valence-electron chi connectivity index (χ2n) is 10.5. The summed E-state index contributed by atoms with van der Waals surface area (Å²) < 4.78 is 26.2. The average molecular weight is 599 g/mol. The van der Waals surface area contributed by atoms with Crippen LogP contribution in [0.3, 0.4) is 0 Å². The van der Waals surface area contributed by atoms with Crippen molar-refractivity contribution in [2.75, 3.05) is 26.2 Å². The molecule has 8 nitrogen and oxygen atoms in total. The molecule has 0 atom stereocenters. The standard InChI is InChI=1S/C34H32F2N4O4/c35-23-7-3-21(4-8-23)19-37-15-1-17-39-25-11-12-26(40-18-2-16-38-20-22-5-9-24(36)10-6-22)30-29(25)33(43)31-27(41)13-14-28(42)32(31)34(30)44/h3-10,13-14,19-20,39-42H,1-2,11-12,15-18H2/b37-19+,38-20+. The molecule has 3 aromatic rings. The van der Waals surface area contributed by atoms with Crippen LogP contribution in [0.5, 0.6) is 11.5 Å². The highest BCUT2D eigenvalue weighted by Gasteiger charge is 2.41. The molecular formula is C34H32F2N4O4. The van der Waals surface area contributed by atoms with E-state index in [1.54, 1.807) is 36.7 Å². The summed E-state index contributed by atoms with van der Waals surface area (Å²) in [7, 11) is 0. The molecule has 0 radical (unpaired) electrons. The molecule has 0 aliphatic heterocycles. The van der Waals surface area contributed by atoms with Gasteiger partial charge in [0.2, 0.25) is 0 Å². The number of nitrogens with one attached hydrogen (secondary N) is 2. The molecule has 0 aromatic heterocycles. The predicted octanol–water partition coefficient (Wildman–Crippen LogP) is 5.25. The number of fused-ring (bicyclic) bond motifs is 2. The topological polar surface area (TPSA) is 123 Å². The molecule has 226 valence electrons. The minimum Gasteiger partial charge on any atom is -0.507 e. The van der Waals surface area contributed by atoms with Crippen molar-refractivity contribution < 1.29 is 28.6 Å². The zero-order valence-corrected chi connectivity index (χ0v) is 23.9. The highest BCUT2D eigenvalue weighted by atomic mass is 19.1. The first kappa shape index (κ1) is 30.3. The fraction of sp³-hybridized carbons (Fsp3) is 0.235. The van der Waals surface area contributed by atoms with Gasteiger partial charge in [0.1, 0.15) is 23.1 Å². The summed E-state index contributed by atoms with van der Waals surface area (Å²) in [4.78, 5) is 36.2. The van der Waals surface area contributed by atoms with Gasteiger partial charge in [0.15, 0.2) is 11.6 Å². The Kier molecular flexibility index (Phi) is 9.59. The molecule has 0 saturated heterocycles. The zero-order chi connectivity index (χ0) is 31.1. The molecule has 0 spiro atoms. The number of phenolic OH excluding ortho intramolecular Hbond substituents is 2. The van der Waals surface area contributed by atoms with Gasteiger partial charge in [-0.3, -0.25) is 19.6 Å². The van der Waals surface area contributed by atoms with E-state index >= 15 is 0 Å². The lowest BCUT2D eigenvalue weighted by Crippen LogP contribution is -2.34. The smallest absolute Gasteiger partial charge is 0.200 e. The predicted molar refractivity (Wildman–Crippen MR) is 165 cm³/mol. The van der Waals surface area contributed by atoms with E-state index in [0.29, 0.717) is 63.3 Å². The molecule has 10 heteroatoms. The molecule has 4 N–H and O–H groups in total. The van der Waals surface area contributed by atoms with Crippen LogP contribution in [-0.2, 0) is 0 Å². The molecule has 44 heavy (non-hydrogen) atoms. The fourth-order valence-electron chi connectivity index (χ4n) is 5.20. The number of carbonyl (C=O) groups is 2. The summed E-state index contributed by atoms with van der Waals surface area (Å²) in [5.74, 6) is -2.40. The quantitative estimate of drug-likeness (QED) is 0.128. The van der Waals surface area contributed by atoms with E-state index in [4.69, 9.17) is 0 Å². The van der Waals surface area contributed by atoms with E-state index in [1.807, 2.05) is 0 Å². The van der Waals surface area contributed by atoms with Crippen molar-refractivity contribution in [3.63, 3.8) is 0 Å². The maximum Gasteiger partial charge on any atom is 0.200 e. The minimum absolute atomic E-state index is 0.196. The van der Waals surface area contributed by atoms with Crippen LogP contribution in [0.25, 0.3) is 0 Å². The number of carbonyl (C=O) groups excluding carboxylic acids is 2. The molecule has 0 unspecified atom stereocenters. The highest BCUT2D eigenvalue weighted by molar-refractivity contribution is 6.33. The molecule has 0 amide bonds. The summed E-state index contributed by atoms with van der Waals surface area (Å²) in [6, 6.07) is 14.5. The van der Waals surface area contributed by atoms with E-state index in [0.717, 1.165) is 11.1 Å². The SMILES string of the molecule is O=C1C2=C(NCCC/N=C/c3ccc(F)cc3)CCC(NCCC/N=C/c3ccc(F)cc3)=C2C(=O)c2c(O)ccc(O)c21. The largest absolute Gasteiger partial charge is 0.507 e. The molecule has 2 aliphatic rings. The number of halogens is 2. The number of rotatable bonds is 12. The molecule has 3 aromatic carbocycles. The Morgan fingerprint density at radius 1 is 0.636 bits per heavy atom. The summed E-state index contributed by atoms with van der Waals surface area (Å²) >= 11 is 0. The van der Waals surface area contributed by atoms with Crippen LogP contribution < -0.4 is 10.6 Å². The van der Waals surface area contributed by atoms with Gasteiger partial charge in [0.25, 0.3) is 0 Å². The number of hydrogen-bond donors (Lipinski definition) is 4. The van der Waals surface area contributed by atoms with Gasteiger partial charge in [0, 0.05) is 50.0 Å². The van der Waals surface area contributed by atoms with Gasteiger partial charge < -0.3 is 20.8 Å². The number of aliphatic imine (C=N–C) groups is 2. The molecule has 2 aliphatic carbocycles. The Morgan fingerprint density at radius 2 is 1.02 bits per heavy atom. The van der Waals surface area contributed by atoms with Gasteiger partial charge >= 0.3 is 0 Å². The van der Waals surface area contributed by atoms with Crippen LogP contribution in [0, 0.1) is 11.6 Å². The van der Waals surface area contributed by atoms with Crippen LogP contribution in [0.1, 0.15) is 57.5 Å². The van der Waals surface area contributed by atoms with Crippen molar-refractivity contribution in [1.29, 1.82) is 0 Å². The molecule has 0 saturated carbocycles. The molecule has 0 fully saturated rings. The van der Waals surface area contributed by atoms with Gasteiger partial charge in [-0.1, -0.05) is 24.3 Å². The normalized spacial score (nSPS) is 14.9. The number of Topliss-reactive ketones (excluding diaryl/α,β-unsaturated/α-hetero) is 2. The van der Waals surface area contributed by atoms with E-state index in [-0.39, 0.29) is 45.4 Å². The Hall–Kier alpha value is -5.12. The van der Waals surface area contributed by atoms with Crippen LogP contribution in [0.2, 0.25) is 0 Å². The summed E-state index contributed by atoms with van der Waals surface area (Å²) in [6.45, 7) is 1.97. The van der Waals surface area contributed by atoms with Crippen LogP contribution in [0.15, 0.2) is 93.2 Å². The van der Waals surface area contributed by atoms with E-state index in [2.05, 4.69) is 20.6 Å². The van der Waals surface area contributed by atoms with E-state index < -0.39 is 11.6 Å². The lowest BCUT2D eigenvalue weighted by atomic mass is 9.76. The summed E-state index contributed by atoms with van der Waals surface area (Å²) in [6.07, 6.45) is 5.56. The van der Waals surface area contributed by atoms with E-state index in [9.17, 15) is 28.6 Å². The third kappa shape index (κ3) is 6.91. The van der Waals surface area contributed by atoms with Gasteiger partial charge in [0.05, 0.1) is 22.3 Å². The number of benzene rings is 3. The van der Waals surface area contributed by atoms with Crippen molar-refractivity contribution in [3.8, 4) is 11.5 Å². The Labute approximate surface area is 253 Å². The van der Waals surface area contributed by atoms with Crippen molar-refractivity contribution >= 4 is 24.0 Å². The first-order valence-corrected chi connectivity index (χ1v) is 14.4. The second-order valence-corrected chi connectivity index (χ2v) is 10.5. The van der Waals surface area contributed by atoms with Gasteiger partial charge in [-0.15, -0.1) is 0 Å². The number of allylic oxidation sites excluding steroid dienone is 4. The number of ketones is 2. The van der Waals surface area contributed by atoms with Crippen LogP contribution in [0.4, 0.5) is 8.78 Å². The van der Waals surface area contributed by atoms with Crippen molar-refractivity contribution in [2.24, 2.45) is 9.98 Å². The average Bonchev–Trinajstić information content (AvgIpc) is 3.02. The van der Waals surface area contributed by atoms with Gasteiger partial charge in [-0.25, -0.2) is 8.78 Å². The molecule has 5 rings (SSSR count). The Balaban J connectivity index is 1.29. The van der Waals surface area contributed by atoms with Gasteiger partial charge in [-0.2, -0.15) is 0 Å². The fourth-order valence-corrected chi connectivity index (χ4v) is 5.20. The van der Waals surface area contributed by atoms with Crippen molar-refractivity contribution in [2.45, 2.75) is 25.7 Å². The monoisotopic (exact) mass is 598 g/mol. The summed E-state index contributed by atoms with van der Waals surface area (Å²) in [5, 5.41) is 27.6. The maximum atomic E-state index is 13.7. The minimum atomic E-state index is -0.525. The Morgan fingerprint density at radius 3 is 1.41 bits per heavy atom. The molecule has 0 heterocycles. The summed E-state index contributed by atoms with van der Waals surface area (Å²) in [5.41, 5.74) is 2.77. The second kappa shape index (κ2) is 13.9. The maximum absolute atomic E-state index is 13.7. The number of hydrogen-bond acceptors (Lipinski definition) is 8. The van der Waals surface area contributed by atoms with Crippen molar-refractivity contribution in [3.05, 3.63) is 117 Å². The number of phenols is 2. The van der Waals surface area contributed by atoms with Gasteiger partial charge in [-0.05, 0) is 73.2 Å². The van der Waals surface area contributed by atoms with Crippen LogP contribution >= 0.6 is 0 Å². The molecular weight excluding hydrogens is 566 g/mol. The number of nitrogens with zero attached hydrogens (tertiary/aromatic N) is 2. The van der Waals surface area contributed by atoms with Crippen LogP contribution in [-0.4, -0.2) is 60.4 Å². The zero-order valence-electron chi connectivity index (χ0n) is 23.9. The molecule has 0 bridgehead atoms. The number of aromatic hydroxyl groups is 2. The third-order valence-corrected chi connectivity index (χ3v) is 7.37. The highest BCUT2D eigenvalue weighted by Crippen LogP contribution is 2.43. The van der Waals surface area contributed by atoms with E-state index in [1.165, 1.54) is 36.4 Å².